The van der Waals surface area contributed by atoms with Gasteiger partial charge in [0.15, 0.2) is 5.69 Å². The lowest BCUT2D eigenvalue weighted by Gasteiger charge is -2.35. The quantitative estimate of drug-likeness (QED) is 0.247. The number of aryl methyl sites for hydroxylation is 2. The summed E-state index contributed by atoms with van der Waals surface area (Å²) in [5, 5.41) is 4.87. The maximum absolute atomic E-state index is 13.7. The molecule has 0 spiro atoms. The minimum Gasteiger partial charge on any atom is -0.353 e. The first kappa shape index (κ1) is 27.1. The number of hydrogen-bond acceptors (Lipinski definition) is 6. The number of benzene rings is 2. The molecule has 41 heavy (non-hydrogen) atoms. The molecule has 2 aromatic carbocycles. The van der Waals surface area contributed by atoms with Crippen LogP contribution in [0.3, 0.4) is 0 Å². The average Bonchev–Trinajstić information content (AvgIpc) is 3.65. The zero-order chi connectivity index (χ0) is 28.5. The van der Waals surface area contributed by atoms with E-state index in [1.165, 1.54) is 0 Å². The molecular weight excluding hydrogens is 551 g/mol. The Morgan fingerprint density at radius 1 is 0.854 bits per heavy atom. The Balaban J connectivity index is 1.31. The number of anilines is 1. The van der Waals surface area contributed by atoms with Gasteiger partial charge in [-0.25, -0.2) is 9.67 Å². The van der Waals surface area contributed by atoms with Gasteiger partial charge in [0.1, 0.15) is 5.82 Å². The largest absolute Gasteiger partial charge is 0.353 e. The lowest BCUT2D eigenvalue weighted by Crippen LogP contribution is -2.49. The Bertz CT molecular complexity index is 1750. The van der Waals surface area contributed by atoms with E-state index >= 15 is 0 Å². The second-order valence-electron chi connectivity index (χ2n) is 10.2. The van der Waals surface area contributed by atoms with Gasteiger partial charge in [-0.2, -0.15) is 5.10 Å². The number of pyridine rings is 1. The molecule has 1 amide bonds. The molecule has 1 fully saturated rings. The van der Waals surface area contributed by atoms with Crippen molar-refractivity contribution in [3.05, 3.63) is 102 Å². The van der Waals surface area contributed by atoms with Crippen LogP contribution in [0, 0.1) is 13.8 Å². The third-order valence-corrected chi connectivity index (χ3v) is 9.42. The highest BCUT2D eigenvalue weighted by Gasteiger charge is 2.26. The molecule has 0 bridgehead atoms. The fraction of sp³-hybridized carbons (Fsp3) is 0.219. The fourth-order valence-corrected chi connectivity index (χ4v) is 6.68. The fourth-order valence-electron chi connectivity index (χ4n) is 5.11. The summed E-state index contributed by atoms with van der Waals surface area (Å²) < 4.78 is 13.9. The Kier molecular flexibility index (Phi) is 7.55. The highest BCUT2D eigenvalue weighted by Crippen LogP contribution is 2.37. The SMILES string of the molecule is Cc1cccc(N2CCN(C(=O)c3cc(-c4ccc(-c5cccc(S(C)=O)c5)s4)n(-c4ccccc4C)n3)CC2)n1. The third kappa shape index (κ3) is 5.60. The van der Waals surface area contributed by atoms with Crippen molar-refractivity contribution in [1.82, 2.24) is 19.7 Å². The van der Waals surface area contributed by atoms with E-state index in [0.717, 1.165) is 61.8 Å². The molecule has 0 radical (unpaired) electrons. The molecule has 6 rings (SSSR count). The molecular formula is C32H31N5O2S2. The van der Waals surface area contributed by atoms with E-state index in [1.54, 1.807) is 17.6 Å². The van der Waals surface area contributed by atoms with Crippen LogP contribution < -0.4 is 4.90 Å². The molecule has 3 aromatic heterocycles. The van der Waals surface area contributed by atoms with Gasteiger partial charge < -0.3 is 9.80 Å². The van der Waals surface area contributed by atoms with Gasteiger partial charge in [-0.3, -0.25) is 9.00 Å². The molecule has 208 valence electrons. The summed E-state index contributed by atoms with van der Waals surface area (Å²) in [5.41, 5.74) is 5.33. The smallest absolute Gasteiger partial charge is 0.274 e. The number of nitrogens with zero attached hydrogens (tertiary/aromatic N) is 5. The molecule has 1 saturated heterocycles. The third-order valence-electron chi connectivity index (χ3n) is 7.35. The van der Waals surface area contributed by atoms with Crippen molar-refractivity contribution in [3.8, 4) is 26.7 Å². The molecule has 1 aliphatic heterocycles. The monoisotopic (exact) mass is 581 g/mol. The molecule has 0 saturated carbocycles. The van der Waals surface area contributed by atoms with Gasteiger partial charge in [-0.05, 0) is 73.5 Å². The second kappa shape index (κ2) is 11.4. The van der Waals surface area contributed by atoms with Gasteiger partial charge in [0.05, 0.1) is 16.3 Å². The van der Waals surface area contributed by atoms with E-state index in [2.05, 4.69) is 35.0 Å². The Labute approximate surface area is 246 Å². The summed E-state index contributed by atoms with van der Waals surface area (Å²) in [7, 11) is -1.05. The predicted molar refractivity (Wildman–Crippen MR) is 166 cm³/mol. The summed E-state index contributed by atoms with van der Waals surface area (Å²) in [6.07, 6.45) is 1.69. The Hall–Kier alpha value is -4.08. The lowest BCUT2D eigenvalue weighted by atomic mass is 10.2. The van der Waals surface area contributed by atoms with Crippen LogP contribution in [0.1, 0.15) is 21.7 Å². The van der Waals surface area contributed by atoms with Crippen LogP contribution in [0.25, 0.3) is 26.7 Å². The number of para-hydroxylation sites is 1. The van der Waals surface area contributed by atoms with Crippen molar-refractivity contribution in [1.29, 1.82) is 0 Å². The molecule has 1 unspecified atom stereocenters. The van der Waals surface area contributed by atoms with E-state index in [-0.39, 0.29) is 5.91 Å². The van der Waals surface area contributed by atoms with Crippen molar-refractivity contribution in [2.75, 3.05) is 37.3 Å². The highest BCUT2D eigenvalue weighted by atomic mass is 32.2. The highest BCUT2D eigenvalue weighted by molar-refractivity contribution is 7.84. The Morgan fingerprint density at radius 2 is 1.61 bits per heavy atom. The first-order chi connectivity index (χ1) is 19.9. The second-order valence-corrected chi connectivity index (χ2v) is 12.6. The van der Waals surface area contributed by atoms with Crippen molar-refractivity contribution >= 4 is 33.9 Å². The van der Waals surface area contributed by atoms with Crippen molar-refractivity contribution < 1.29 is 9.00 Å². The van der Waals surface area contributed by atoms with Gasteiger partial charge in [0.2, 0.25) is 0 Å². The Morgan fingerprint density at radius 3 is 2.37 bits per heavy atom. The van der Waals surface area contributed by atoms with Crippen LogP contribution >= 0.6 is 11.3 Å². The van der Waals surface area contributed by atoms with Crippen LogP contribution in [-0.4, -0.2) is 62.2 Å². The van der Waals surface area contributed by atoms with Gasteiger partial charge >= 0.3 is 0 Å². The molecule has 1 aliphatic rings. The first-order valence-electron chi connectivity index (χ1n) is 13.6. The number of carbonyl (C=O) groups excluding carboxylic acids is 1. The lowest BCUT2D eigenvalue weighted by molar-refractivity contribution is 0.0740. The maximum atomic E-state index is 13.7. The van der Waals surface area contributed by atoms with Gasteiger partial charge in [-0.1, -0.05) is 36.4 Å². The van der Waals surface area contributed by atoms with Crippen LogP contribution in [0.5, 0.6) is 0 Å². The maximum Gasteiger partial charge on any atom is 0.274 e. The molecule has 5 aromatic rings. The van der Waals surface area contributed by atoms with E-state index in [4.69, 9.17) is 5.10 Å². The number of hydrogen-bond donors (Lipinski definition) is 0. The van der Waals surface area contributed by atoms with Crippen LogP contribution in [0.4, 0.5) is 5.82 Å². The number of carbonyl (C=O) groups is 1. The van der Waals surface area contributed by atoms with E-state index in [0.29, 0.717) is 18.8 Å². The summed E-state index contributed by atoms with van der Waals surface area (Å²) in [4.78, 5) is 25.4. The summed E-state index contributed by atoms with van der Waals surface area (Å²) in [6, 6.07) is 28.0. The van der Waals surface area contributed by atoms with E-state index in [9.17, 15) is 9.00 Å². The van der Waals surface area contributed by atoms with E-state index < -0.39 is 10.8 Å². The number of thiophene rings is 1. The zero-order valence-electron chi connectivity index (χ0n) is 23.3. The van der Waals surface area contributed by atoms with Gasteiger partial charge in [-0.15, -0.1) is 11.3 Å². The number of piperazine rings is 1. The number of rotatable bonds is 6. The van der Waals surface area contributed by atoms with Crippen molar-refractivity contribution in [2.45, 2.75) is 18.7 Å². The van der Waals surface area contributed by atoms with Gasteiger partial charge in [0.25, 0.3) is 5.91 Å². The minimum absolute atomic E-state index is 0.0645. The molecule has 7 nitrogen and oxygen atoms in total. The summed E-state index contributed by atoms with van der Waals surface area (Å²) in [5.74, 6) is 0.887. The van der Waals surface area contributed by atoms with Gasteiger partial charge in [0, 0.05) is 58.7 Å². The molecule has 9 heteroatoms. The molecule has 1 atom stereocenters. The van der Waals surface area contributed by atoms with Crippen molar-refractivity contribution in [3.63, 3.8) is 0 Å². The number of aromatic nitrogens is 3. The summed E-state index contributed by atoms with van der Waals surface area (Å²) >= 11 is 1.64. The predicted octanol–water partition coefficient (Wildman–Crippen LogP) is 5.98. The normalized spacial score (nSPS) is 14.3. The number of amides is 1. The standard InChI is InChI=1S/C32H31N5O2S2/c1-22-8-4-5-12-27(22)37-28(30-15-14-29(40-30)24-10-7-11-25(20-24)41(3)39)21-26(34-37)32(38)36-18-16-35(17-19-36)31-13-6-9-23(2)33-31/h4-15,20-21H,16-19H2,1-3H3. The summed E-state index contributed by atoms with van der Waals surface area (Å²) in [6.45, 7) is 6.72. The molecule has 4 heterocycles. The zero-order valence-corrected chi connectivity index (χ0v) is 24.9. The first-order valence-corrected chi connectivity index (χ1v) is 15.9. The molecule has 0 aliphatic carbocycles. The topological polar surface area (TPSA) is 71.3 Å². The molecule has 0 N–H and O–H groups in total. The van der Waals surface area contributed by atoms with E-state index in [1.807, 2.05) is 83.2 Å². The minimum atomic E-state index is -1.05. The van der Waals surface area contributed by atoms with Crippen LogP contribution in [0.15, 0.2) is 89.8 Å². The van der Waals surface area contributed by atoms with Crippen molar-refractivity contribution in [2.24, 2.45) is 0 Å². The van der Waals surface area contributed by atoms with Crippen LogP contribution in [0.2, 0.25) is 0 Å². The van der Waals surface area contributed by atoms with Crippen LogP contribution in [-0.2, 0) is 10.8 Å². The average molecular weight is 582 g/mol.